The van der Waals surface area contributed by atoms with E-state index in [0.717, 1.165) is 38.3 Å². The predicted octanol–water partition coefficient (Wildman–Crippen LogP) is 4.37. The number of methoxy groups -OCH3 is 1. The van der Waals surface area contributed by atoms with Crippen molar-refractivity contribution in [2.75, 3.05) is 7.11 Å². The highest BCUT2D eigenvalue weighted by Gasteiger charge is 2.18. The average molecular weight is 395 g/mol. The van der Waals surface area contributed by atoms with Crippen LogP contribution in [-0.4, -0.2) is 26.7 Å². The molecule has 0 atom stereocenters. The first-order valence-electron chi connectivity index (χ1n) is 7.81. The Bertz CT molecular complexity index is 1010. The fraction of sp³-hybridized carbons (Fsp3) is 0.105. The number of ether oxygens (including phenoxy) is 1. The zero-order valence-corrected chi connectivity index (χ0v) is 15.1. The van der Waals surface area contributed by atoms with Gasteiger partial charge in [0.1, 0.15) is 0 Å². The summed E-state index contributed by atoms with van der Waals surface area (Å²) in [6, 6.07) is 15.9. The lowest BCUT2D eigenvalue weighted by Gasteiger charge is -2.04. The molecule has 3 heterocycles. The first-order valence-corrected chi connectivity index (χ1v) is 8.60. The molecule has 0 saturated heterocycles. The Morgan fingerprint density at radius 3 is 2.56 bits per heavy atom. The van der Waals surface area contributed by atoms with E-state index in [4.69, 9.17) is 9.84 Å². The Hall–Kier alpha value is -2.57. The molecule has 5 nitrogen and oxygen atoms in total. The first-order chi connectivity index (χ1) is 12.3. The van der Waals surface area contributed by atoms with Gasteiger partial charge in [-0.3, -0.25) is 4.98 Å². The number of hydrogen-bond acceptors (Lipinski definition) is 4. The van der Waals surface area contributed by atoms with E-state index in [0.29, 0.717) is 6.61 Å². The maximum absolute atomic E-state index is 5.36. The number of benzene rings is 1. The molecule has 4 rings (SSSR count). The van der Waals surface area contributed by atoms with Gasteiger partial charge in [-0.2, -0.15) is 5.10 Å². The minimum Gasteiger partial charge on any atom is -0.378 e. The van der Waals surface area contributed by atoms with Crippen LogP contribution >= 0.6 is 15.9 Å². The van der Waals surface area contributed by atoms with E-state index in [2.05, 4.69) is 38.0 Å². The number of aromatic nitrogens is 4. The van der Waals surface area contributed by atoms with Crippen LogP contribution in [0.25, 0.3) is 28.2 Å². The van der Waals surface area contributed by atoms with Gasteiger partial charge in [-0.1, -0.05) is 34.1 Å². The maximum Gasteiger partial charge on any atom is 0.163 e. The second-order valence-corrected chi connectivity index (χ2v) is 6.46. The summed E-state index contributed by atoms with van der Waals surface area (Å²) in [5, 5.41) is 4.75. The molecule has 0 spiro atoms. The molecule has 25 heavy (non-hydrogen) atoms. The molecule has 0 unspecified atom stereocenters. The van der Waals surface area contributed by atoms with E-state index >= 15 is 0 Å². The van der Waals surface area contributed by atoms with Gasteiger partial charge in [-0.15, -0.1) is 0 Å². The van der Waals surface area contributed by atoms with Crippen LogP contribution in [0.2, 0.25) is 0 Å². The third-order valence-electron chi connectivity index (χ3n) is 3.93. The van der Waals surface area contributed by atoms with Crippen molar-refractivity contribution in [1.82, 2.24) is 19.6 Å². The monoisotopic (exact) mass is 394 g/mol. The Morgan fingerprint density at radius 1 is 1.00 bits per heavy atom. The zero-order chi connectivity index (χ0) is 17.2. The lowest BCUT2D eigenvalue weighted by Crippen LogP contribution is -1.97. The number of halogens is 1. The number of hydrogen-bond donors (Lipinski definition) is 0. The zero-order valence-electron chi connectivity index (χ0n) is 13.6. The summed E-state index contributed by atoms with van der Waals surface area (Å²) in [6.45, 7) is 0.413. The number of rotatable bonds is 4. The molecule has 0 bridgehead atoms. The van der Waals surface area contributed by atoms with Crippen molar-refractivity contribution in [3.63, 3.8) is 0 Å². The van der Waals surface area contributed by atoms with Crippen molar-refractivity contribution in [2.45, 2.75) is 6.61 Å². The Labute approximate surface area is 153 Å². The van der Waals surface area contributed by atoms with E-state index in [9.17, 15) is 0 Å². The van der Waals surface area contributed by atoms with E-state index in [-0.39, 0.29) is 0 Å². The van der Waals surface area contributed by atoms with Crippen molar-refractivity contribution < 1.29 is 4.74 Å². The van der Waals surface area contributed by atoms with Crippen molar-refractivity contribution in [2.24, 2.45) is 0 Å². The summed E-state index contributed by atoms with van der Waals surface area (Å²) in [7, 11) is 1.67. The van der Waals surface area contributed by atoms with Gasteiger partial charge in [0.2, 0.25) is 0 Å². The number of fused-ring (bicyclic) bond motifs is 1. The average Bonchev–Trinajstić information content (AvgIpc) is 3.01. The molecular formula is C19H15BrN4O. The molecule has 0 aliphatic rings. The summed E-state index contributed by atoms with van der Waals surface area (Å²) in [5.74, 6) is 0. The minimum absolute atomic E-state index is 0.413. The van der Waals surface area contributed by atoms with Crippen LogP contribution in [-0.2, 0) is 11.3 Å². The fourth-order valence-corrected chi connectivity index (χ4v) is 3.11. The first kappa shape index (κ1) is 15.9. The fourth-order valence-electron chi connectivity index (χ4n) is 2.85. The summed E-state index contributed by atoms with van der Waals surface area (Å²) in [6.07, 6.45) is 3.57. The molecule has 0 radical (unpaired) electrons. The third-order valence-corrected chi connectivity index (χ3v) is 4.46. The summed E-state index contributed by atoms with van der Waals surface area (Å²) in [4.78, 5) is 9.02. The quantitative estimate of drug-likeness (QED) is 0.515. The van der Waals surface area contributed by atoms with Crippen molar-refractivity contribution in [1.29, 1.82) is 0 Å². The molecule has 0 aliphatic heterocycles. The van der Waals surface area contributed by atoms with Gasteiger partial charge < -0.3 is 4.74 Å². The molecule has 124 valence electrons. The Morgan fingerprint density at radius 2 is 1.84 bits per heavy atom. The standard InChI is InChI=1S/C19H15BrN4O/c1-25-12-16-18(13-5-7-14(20)8-6-13)19-22-11-9-17(24(19)23-16)15-4-2-3-10-21-15/h2-11H,12H2,1H3. The molecule has 0 amide bonds. The van der Waals surface area contributed by atoms with Crippen LogP contribution in [0.3, 0.4) is 0 Å². The highest BCUT2D eigenvalue weighted by molar-refractivity contribution is 9.10. The molecule has 4 aromatic rings. The van der Waals surface area contributed by atoms with Crippen molar-refractivity contribution in [3.8, 4) is 22.5 Å². The molecule has 1 aromatic carbocycles. The molecular weight excluding hydrogens is 380 g/mol. The topological polar surface area (TPSA) is 52.3 Å². The van der Waals surface area contributed by atoms with E-state index in [1.54, 1.807) is 19.5 Å². The molecule has 0 fully saturated rings. The van der Waals surface area contributed by atoms with Gasteiger partial charge in [0.15, 0.2) is 5.65 Å². The SMILES string of the molecule is COCc1nn2c(-c3ccccn3)ccnc2c1-c1ccc(Br)cc1. The van der Waals surface area contributed by atoms with E-state index < -0.39 is 0 Å². The molecule has 6 heteroatoms. The number of pyridine rings is 1. The van der Waals surface area contributed by atoms with Crippen LogP contribution in [0.15, 0.2) is 65.4 Å². The highest BCUT2D eigenvalue weighted by Crippen LogP contribution is 2.31. The lowest BCUT2D eigenvalue weighted by molar-refractivity contribution is 0.181. The van der Waals surface area contributed by atoms with Gasteiger partial charge >= 0.3 is 0 Å². The van der Waals surface area contributed by atoms with Gasteiger partial charge in [0.05, 0.1) is 29.3 Å². The summed E-state index contributed by atoms with van der Waals surface area (Å²) < 4.78 is 8.23. The lowest BCUT2D eigenvalue weighted by atomic mass is 10.1. The normalized spacial score (nSPS) is 11.1. The Kier molecular flexibility index (Phi) is 4.29. The van der Waals surface area contributed by atoms with Crippen LogP contribution in [0.4, 0.5) is 0 Å². The molecule has 0 N–H and O–H groups in total. The van der Waals surface area contributed by atoms with Gasteiger partial charge in [0.25, 0.3) is 0 Å². The van der Waals surface area contributed by atoms with Crippen molar-refractivity contribution in [3.05, 3.63) is 71.1 Å². The van der Waals surface area contributed by atoms with Crippen LogP contribution in [0, 0.1) is 0 Å². The smallest absolute Gasteiger partial charge is 0.163 e. The van der Waals surface area contributed by atoms with Gasteiger partial charge in [-0.05, 0) is 35.9 Å². The maximum atomic E-state index is 5.36. The van der Waals surface area contributed by atoms with Crippen molar-refractivity contribution >= 4 is 21.6 Å². The largest absolute Gasteiger partial charge is 0.378 e. The molecule has 0 saturated carbocycles. The van der Waals surface area contributed by atoms with Gasteiger partial charge in [-0.25, -0.2) is 9.50 Å². The summed E-state index contributed by atoms with van der Waals surface area (Å²) >= 11 is 3.48. The number of nitrogens with zero attached hydrogens (tertiary/aromatic N) is 4. The third kappa shape index (κ3) is 2.94. The molecule has 0 aliphatic carbocycles. The summed E-state index contributed by atoms with van der Waals surface area (Å²) in [5.41, 5.74) is 5.41. The van der Waals surface area contributed by atoms with Crippen LogP contribution in [0.1, 0.15) is 5.69 Å². The predicted molar refractivity (Wildman–Crippen MR) is 100 cm³/mol. The van der Waals surface area contributed by atoms with E-state index in [1.807, 2.05) is 40.9 Å². The second-order valence-electron chi connectivity index (χ2n) is 5.54. The Balaban J connectivity index is 1.99. The highest BCUT2D eigenvalue weighted by atomic mass is 79.9. The van der Waals surface area contributed by atoms with E-state index in [1.165, 1.54) is 0 Å². The minimum atomic E-state index is 0.413. The van der Waals surface area contributed by atoms with Gasteiger partial charge in [0, 0.05) is 24.0 Å². The molecule has 3 aromatic heterocycles. The second kappa shape index (κ2) is 6.74. The van der Waals surface area contributed by atoms with Crippen LogP contribution < -0.4 is 0 Å². The van der Waals surface area contributed by atoms with Crippen LogP contribution in [0.5, 0.6) is 0 Å².